The van der Waals surface area contributed by atoms with Gasteiger partial charge in [0.2, 0.25) is 5.91 Å². The Balaban J connectivity index is 1.11. The van der Waals surface area contributed by atoms with E-state index in [0.29, 0.717) is 17.8 Å². The third-order valence-electron chi connectivity index (χ3n) is 7.41. The van der Waals surface area contributed by atoms with Gasteiger partial charge in [0.25, 0.3) is 5.91 Å². The molecule has 4 fully saturated rings. The molecule has 0 spiro atoms. The van der Waals surface area contributed by atoms with E-state index in [2.05, 4.69) is 27.5 Å². The van der Waals surface area contributed by atoms with Gasteiger partial charge in [-0.15, -0.1) is 0 Å². The first-order chi connectivity index (χ1) is 15.6. The van der Waals surface area contributed by atoms with Crippen molar-refractivity contribution in [1.82, 2.24) is 15.6 Å². The molecule has 4 saturated carbocycles. The number of hydrogen-bond donors (Lipinski definition) is 2. The standard InChI is InChI=1S/C27H29N3O2/c31-25(29-11-3-5-24-4-1-2-10-28-24)23-8-6-19(7-9-23)18-30-26(32)27-15-20-12-21(16-27)14-22(13-20)17-27/h1-2,4,6-10,20-22H,11-18H2,(H,29,31)(H,30,32). The normalized spacial score (nSPS) is 27.3. The van der Waals surface area contributed by atoms with E-state index < -0.39 is 0 Å². The summed E-state index contributed by atoms with van der Waals surface area (Å²) in [7, 11) is 0. The number of amides is 2. The van der Waals surface area contributed by atoms with E-state index in [1.165, 1.54) is 19.3 Å². The Hall–Kier alpha value is -3.13. The lowest BCUT2D eigenvalue weighted by Gasteiger charge is -2.55. The molecule has 1 aromatic carbocycles. The smallest absolute Gasteiger partial charge is 0.252 e. The summed E-state index contributed by atoms with van der Waals surface area (Å²) in [6, 6.07) is 13.0. The van der Waals surface area contributed by atoms with E-state index in [1.54, 1.807) is 18.3 Å². The van der Waals surface area contributed by atoms with Gasteiger partial charge in [-0.3, -0.25) is 9.59 Å². The van der Waals surface area contributed by atoms with E-state index in [1.807, 2.05) is 30.3 Å². The molecule has 0 saturated heterocycles. The summed E-state index contributed by atoms with van der Waals surface area (Å²) < 4.78 is 0. The highest BCUT2D eigenvalue weighted by Crippen LogP contribution is 2.60. The number of carbonyl (C=O) groups excluding carboxylic acids is 2. The predicted molar refractivity (Wildman–Crippen MR) is 122 cm³/mol. The van der Waals surface area contributed by atoms with Crippen LogP contribution in [0.3, 0.4) is 0 Å². The monoisotopic (exact) mass is 427 g/mol. The first kappa shape index (κ1) is 20.8. The van der Waals surface area contributed by atoms with E-state index in [4.69, 9.17) is 0 Å². The fourth-order valence-corrected chi connectivity index (χ4v) is 6.33. The second-order valence-corrected chi connectivity index (χ2v) is 9.78. The zero-order valence-corrected chi connectivity index (χ0v) is 18.3. The summed E-state index contributed by atoms with van der Waals surface area (Å²) in [4.78, 5) is 29.6. The number of nitrogens with zero attached hydrogens (tertiary/aromatic N) is 1. The molecule has 0 aliphatic heterocycles. The minimum atomic E-state index is -0.163. The van der Waals surface area contributed by atoms with Crippen LogP contribution in [-0.4, -0.2) is 23.3 Å². The number of benzene rings is 1. The number of rotatable bonds is 5. The van der Waals surface area contributed by atoms with Crippen LogP contribution in [0.25, 0.3) is 0 Å². The lowest BCUT2D eigenvalue weighted by molar-refractivity contribution is -0.146. The fourth-order valence-electron chi connectivity index (χ4n) is 6.33. The number of aromatic nitrogens is 1. The Morgan fingerprint density at radius 2 is 1.62 bits per heavy atom. The second-order valence-electron chi connectivity index (χ2n) is 9.78. The number of carbonyl (C=O) groups is 2. The van der Waals surface area contributed by atoms with Crippen molar-refractivity contribution >= 4 is 11.8 Å². The van der Waals surface area contributed by atoms with Gasteiger partial charge in [-0.05, 0) is 92.0 Å². The van der Waals surface area contributed by atoms with Crippen molar-refractivity contribution in [3.8, 4) is 11.8 Å². The molecule has 5 nitrogen and oxygen atoms in total. The van der Waals surface area contributed by atoms with Crippen LogP contribution in [0.15, 0.2) is 48.7 Å². The third-order valence-corrected chi connectivity index (χ3v) is 7.41. The molecular weight excluding hydrogens is 398 g/mol. The van der Waals surface area contributed by atoms with Crippen LogP contribution in [-0.2, 0) is 11.3 Å². The molecule has 32 heavy (non-hydrogen) atoms. The molecule has 4 bridgehead atoms. The maximum Gasteiger partial charge on any atom is 0.252 e. The molecule has 0 atom stereocenters. The molecule has 0 radical (unpaired) electrons. The number of nitrogens with one attached hydrogen (secondary N) is 2. The minimum Gasteiger partial charge on any atom is -0.352 e. The molecule has 1 aromatic heterocycles. The highest BCUT2D eigenvalue weighted by molar-refractivity contribution is 5.94. The van der Waals surface area contributed by atoms with E-state index in [-0.39, 0.29) is 23.8 Å². The molecule has 4 aliphatic carbocycles. The van der Waals surface area contributed by atoms with Gasteiger partial charge >= 0.3 is 0 Å². The van der Waals surface area contributed by atoms with Crippen molar-refractivity contribution in [3.63, 3.8) is 0 Å². The molecule has 2 N–H and O–H groups in total. The van der Waals surface area contributed by atoms with Crippen LogP contribution in [0.4, 0.5) is 0 Å². The maximum atomic E-state index is 13.1. The highest BCUT2D eigenvalue weighted by Gasteiger charge is 2.54. The Bertz CT molecular complexity index is 1010. The first-order valence-corrected chi connectivity index (χ1v) is 11.6. The number of hydrogen-bond acceptors (Lipinski definition) is 3. The molecule has 4 aliphatic rings. The van der Waals surface area contributed by atoms with Crippen LogP contribution >= 0.6 is 0 Å². The lowest BCUT2D eigenvalue weighted by atomic mass is 9.49. The SMILES string of the molecule is O=C(NCC#Cc1ccccn1)c1ccc(CNC(=O)C23CC4CC(CC(C4)C2)C3)cc1. The molecule has 2 amide bonds. The Morgan fingerprint density at radius 1 is 0.938 bits per heavy atom. The van der Waals surface area contributed by atoms with Gasteiger partial charge in [0.15, 0.2) is 0 Å². The molecule has 164 valence electrons. The van der Waals surface area contributed by atoms with Gasteiger partial charge in [-0.25, -0.2) is 4.98 Å². The average molecular weight is 428 g/mol. The lowest BCUT2D eigenvalue weighted by Crippen LogP contribution is -2.53. The summed E-state index contributed by atoms with van der Waals surface area (Å²) >= 11 is 0. The van der Waals surface area contributed by atoms with Gasteiger partial charge in [0, 0.05) is 23.7 Å². The summed E-state index contributed by atoms with van der Waals surface area (Å²) in [5.74, 6) is 8.19. The van der Waals surface area contributed by atoms with Crippen molar-refractivity contribution in [2.45, 2.75) is 45.1 Å². The minimum absolute atomic E-state index is 0.120. The van der Waals surface area contributed by atoms with Gasteiger partial charge in [0.05, 0.1) is 6.54 Å². The maximum absolute atomic E-state index is 13.1. The fraction of sp³-hybridized carbons (Fsp3) is 0.444. The van der Waals surface area contributed by atoms with E-state index >= 15 is 0 Å². The average Bonchev–Trinajstić information content (AvgIpc) is 2.80. The Kier molecular flexibility index (Phi) is 5.70. The van der Waals surface area contributed by atoms with Crippen molar-refractivity contribution < 1.29 is 9.59 Å². The van der Waals surface area contributed by atoms with E-state index in [9.17, 15) is 9.59 Å². The van der Waals surface area contributed by atoms with Gasteiger partial charge < -0.3 is 10.6 Å². The largest absolute Gasteiger partial charge is 0.352 e. The van der Waals surface area contributed by atoms with Crippen LogP contribution in [0.2, 0.25) is 0 Å². The quantitative estimate of drug-likeness (QED) is 0.715. The van der Waals surface area contributed by atoms with Gasteiger partial charge in [0.1, 0.15) is 5.69 Å². The predicted octanol–water partition coefficient (Wildman–Crippen LogP) is 3.70. The van der Waals surface area contributed by atoms with Crippen molar-refractivity contribution in [1.29, 1.82) is 0 Å². The van der Waals surface area contributed by atoms with Crippen molar-refractivity contribution in [2.24, 2.45) is 23.2 Å². The van der Waals surface area contributed by atoms with Gasteiger partial charge in [-0.1, -0.05) is 24.1 Å². The topological polar surface area (TPSA) is 71.1 Å². The first-order valence-electron chi connectivity index (χ1n) is 11.6. The summed E-state index contributed by atoms with van der Waals surface area (Å²) in [6.45, 7) is 0.774. The summed E-state index contributed by atoms with van der Waals surface area (Å²) in [5.41, 5.74) is 2.15. The van der Waals surface area contributed by atoms with Gasteiger partial charge in [-0.2, -0.15) is 0 Å². The zero-order chi connectivity index (χ0) is 22.0. The molecular formula is C27H29N3O2. The molecule has 1 heterocycles. The second kappa shape index (κ2) is 8.78. The van der Waals surface area contributed by atoms with Crippen molar-refractivity contribution in [3.05, 3.63) is 65.5 Å². The Morgan fingerprint density at radius 3 is 2.25 bits per heavy atom. The Labute approximate surface area is 189 Å². The van der Waals surface area contributed by atoms with Crippen molar-refractivity contribution in [2.75, 3.05) is 6.54 Å². The molecule has 2 aromatic rings. The van der Waals surface area contributed by atoms with Crippen LogP contribution in [0.5, 0.6) is 0 Å². The van der Waals surface area contributed by atoms with Crippen LogP contribution in [0.1, 0.15) is 60.1 Å². The zero-order valence-electron chi connectivity index (χ0n) is 18.3. The summed E-state index contributed by atoms with van der Waals surface area (Å²) in [6.07, 6.45) is 8.93. The number of pyridine rings is 1. The summed E-state index contributed by atoms with van der Waals surface area (Å²) in [5, 5.41) is 6.00. The van der Waals surface area contributed by atoms with Crippen LogP contribution in [0, 0.1) is 35.0 Å². The van der Waals surface area contributed by atoms with Crippen LogP contribution < -0.4 is 10.6 Å². The molecule has 0 unspecified atom stereocenters. The molecule has 5 heteroatoms. The van der Waals surface area contributed by atoms with E-state index in [0.717, 1.165) is 42.6 Å². The third kappa shape index (κ3) is 4.41. The highest BCUT2D eigenvalue weighted by atomic mass is 16.2. The molecule has 6 rings (SSSR count).